The number of ether oxygens (including phenoxy) is 3. The van der Waals surface area contributed by atoms with E-state index < -0.39 is 0 Å². The van der Waals surface area contributed by atoms with Gasteiger partial charge in [0.15, 0.2) is 0 Å². The smallest absolute Gasteiger partial charge is 0.0698 e. The fraction of sp³-hybridized carbons (Fsp3) is 1.00. The van der Waals surface area contributed by atoms with Crippen molar-refractivity contribution in [2.75, 3.05) is 66.0 Å². The zero-order chi connectivity index (χ0) is 17.9. The Balaban J connectivity index is 4.48. The van der Waals surface area contributed by atoms with Crippen LogP contribution in [0.25, 0.3) is 0 Å². The van der Waals surface area contributed by atoms with Crippen LogP contribution in [0.4, 0.5) is 0 Å². The van der Waals surface area contributed by atoms with Crippen LogP contribution in [0.1, 0.15) is 38.5 Å². The summed E-state index contributed by atoms with van der Waals surface area (Å²) in [6.45, 7) is 2.77. The van der Waals surface area contributed by atoms with Crippen molar-refractivity contribution in [1.29, 1.82) is 0 Å². The molecule has 0 aromatic heterocycles. The Morgan fingerprint density at radius 2 is 1.04 bits per heavy atom. The minimum absolute atomic E-state index is 0.0236. The van der Waals surface area contributed by atoms with Gasteiger partial charge in [-0.3, -0.25) is 0 Å². The lowest BCUT2D eigenvalue weighted by molar-refractivity contribution is -0.0845. The molecule has 0 aromatic rings. The lowest BCUT2D eigenvalue weighted by atomic mass is 9.84. The molecule has 0 rings (SSSR count). The van der Waals surface area contributed by atoms with Gasteiger partial charge in [-0.25, -0.2) is 0 Å². The first-order valence-corrected chi connectivity index (χ1v) is 9.00. The van der Waals surface area contributed by atoms with E-state index in [2.05, 4.69) is 0 Å². The maximum Gasteiger partial charge on any atom is 0.0698 e. The second-order valence-electron chi connectivity index (χ2n) is 6.14. The van der Waals surface area contributed by atoms with Crippen molar-refractivity contribution in [1.82, 2.24) is 0 Å². The van der Waals surface area contributed by atoms with Crippen LogP contribution in [0.15, 0.2) is 0 Å². The molecule has 0 spiro atoms. The molecule has 0 aliphatic carbocycles. The minimum Gasteiger partial charge on any atom is -0.394 e. The van der Waals surface area contributed by atoms with Gasteiger partial charge in [-0.1, -0.05) is 25.7 Å². The predicted octanol–water partition coefficient (Wildman–Crippen LogP) is 0.299. The summed E-state index contributed by atoms with van der Waals surface area (Å²) in [7, 11) is 0. The van der Waals surface area contributed by atoms with Gasteiger partial charge in [0.25, 0.3) is 0 Å². The summed E-state index contributed by atoms with van der Waals surface area (Å²) in [6, 6.07) is 0. The Hall–Kier alpha value is -0.280. The molecule has 24 heavy (non-hydrogen) atoms. The first-order valence-electron chi connectivity index (χ1n) is 9.00. The van der Waals surface area contributed by atoms with Crippen LogP contribution < -0.4 is 5.73 Å². The zero-order valence-electron chi connectivity index (χ0n) is 15.0. The lowest BCUT2D eigenvalue weighted by Gasteiger charge is -2.33. The van der Waals surface area contributed by atoms with E-state index in [1.165, 1.54) is 0 Å². The van der Waals surface area contributed by atoms with Gasteiger partial charge in [0.05, 0.1) is 59.5 Å². The molecule has 0 radical (unpaired) electrons. The largest absolute Gasteiger partial charge is 0.394 e. The number of aliphatic hydroxyl groups is 3. The third-order valence-electron chi connectivity index (χ3n) is 3.84. The summed E-state index contributed by atoms with van der Waals surface area (Å²) < 4.78 is 16.7. The van der Waals surface area contributed by atoms with Gasteiger partial charge < -0.3 is 35.3 Å². The van der Waals surface area contributed by atoms with E-state index in [-0.39, 0.29) is 45.1 Å². The summed E-state index contributed by atoms with van der Waals surface area (Å²) in [6.07, 6.45) is 6.37. The maximum absolute atomic E-state index is 8.92. The number of hydrogen-bond acceptors (Lipinski definition) is 7. The number of aliphatic hydroxyl groups excluding tert-OH is 3. The van der Waals surface area contributed by atoms with Crippen LogP contribution >= 0.6 is 0 Å². The van der Waals surface area contributed by atoms with Crippen LogP contribution in [0.3, 0.4) is 0 Å². The highest BCUT2D eigenvalue weighted by Crippen LogP contribution is 2.27. The first-order chi connectivity index (χ1) is 11.7. The zero-order valence-corrected chi connectivity index (χ0v) is 15.0. The molecule has 0 aromatic carbocycles. The minimum atomic E-state index is -0.326. The fourth-order valence-electron chi connectivity index (χ4n) is 2.58. The molecule has 7 nitrogen and oxygen atoms in total. The van der Waals surface area contributed by atoms with Crippen LogP contribution in [0.2, 0.25) is 0 Å². The monoisotopic (exact) mass is 351 g/mol. The number of nitrogens with two attached hydrogens (primary N) is 1. The SMILES string of the molecule is NCCCCCCCC(COCCO)(COCCO)COCCO. The van der Waals surface area contributed by atoms with Gasteiger partial charge in [0.1, 0.15) is 0 Å². The van der Waals surface area contributed by atoms with Crippen LogP contribution in [0.5, 0.6) is 0 Å². The van der Waals surface area contributed by atoms with Crippen LogP contribution in [-0.4, -0.2) is 81.3 Å². The van der Waals surface area contributed by atoms with Gasteiger partial charge in [0, 0.05) is 5.41 Å². The van der Waals surface area contributed by atoms with E-state index in [0.717, 1.165) is 45.1 Å². The lowest BCUT2D eigenvalue weighted by Crippen LogP contribution is -2.38. The Bertz CT molecular complexity index is 229. The molecule has 0 heterocycles. The van der Waals surface area contributed by atoms with Crippen molar-refractivity contribution in [3.63, 3.8) is 0 Å². The second-order valence-corrected chi connectivity index (χ2v) is 6.14. The van der Waals surface area contributed by atoms with Crippen molar-refractivity contribution in [2.24, 2.45) is 11.1 Å². The van der Waals surface area contributed by atoms with Gasteiger partial charge >= 0.3 is 0 Å². The summed E-state index contributed by atoms with van der Waals surface area (Å²) >= 11 is 0. The molecule has 0 atom stereocenters. The third-order valence-corrected chi connectivity index (χ3v) is 3.84. The van der Waals surface area contributed by atoms with Crippen molar-refractivity contribution < 1.29 is 29.5 Å². The highest BCUT2D eigenvalue weighted by molar-refractivity contribution is 4.79. The normalized spacial score (nSPS) is 12.0. The van der Waals surface area contributed by atoms with Crippen molar-refractivity contribution in [3.8, 4) is 0 Å². The molecule has 0 aliphatic rings. The molecule has 0 aliphatic heterocycles. The number of rotatable bonds is 19. The van der Waals surface area contributed by atoms with Crippen molar-refractivity contribution in [2.45, 2.75) is 38.5 Å². The molecular weight excluding hydrogens is 314 g/mol. The van der Waals surface area contributed by atoms with E-state index >= 15 is 0 Å². The molecule has 7 heteroatoms. The molecule has 5 N–H and O–H groups in total. The Kier molecular flexibility index (Phi) is 17.3. The van der Waals surface area contributed by atoms with E-state index in [1.54, 1.807) is 0 Å². The van der Waals surface area contributed by atoms with Gasteiger partial charge in [-0.05, 0) is 19.4 Å². The Morgan fingerprint density at radius 1 is 0.625 bits per heavy atom. The molecular formula is C17H37NO6. The molecule has 0 bridgehead atoms. The molecule has 0 saturated heterocycles. The molecule has 0 unspecified atom stereocenters. The average molecular weight is 351 g/mol. The fourth-order valence-corrected chi connectivity index (χ4v) is 2.58. The molecule has 146 valence electrons. The van der Waals surface area contributed by atoms with E-state index in [0.29, 0.717) is 19.8 Å². The first kappa shape index (κ1) is 23.7. The second kappa shape index (κ2) is 17.5. The number of hydrogen-bond donors (Lipinski definition) is 4. The van der Waals surface area contributed by atoms with Gasteiger partial charge in [-0.2, -0.15) is 0 Å². The van der Waals surface area contributed by atoms with E-state index in [9.17, 15) is 0 Å². The van der Waals surface area contributed by atoms with Crippen LogP contribution in [0, 0.1) is 5.41 Å². The van der Waals surface area contributed by atoms with Crippen molar-refractivity contribution in [3.05, 3.63) is 0 Å². The van der Waals surface area contributed by atoms with Gasteiger partial charge in [-0.15, -0.1) is 0 Å². The maximum atomic E-state index is 8.92. The average Bonchev–Trinajstić information content (AvgIpc) is 2.58. The van der Waals surface area contributed by atoms with E-state index in [4.69, 9.17) is 35.3 Å². The molecule has 0 amide bonds. The quantitative estimate of drug-likeness (QED) is 0.247. The molecule has 0 fully saturated rings. The third kappa shape index (κ3) is 13.1. The Labute approximate surface area is 146 Å². The predicted molar refractivity (Wildman–Crippen MR) is 92.9 cm³/mol. The Morgan fingerprint density at radius 3 is 1.46 bits per heavy atom. The number of unbranched alkanes of at least 4 members (excludes halogenated alkanes) is 4. The van der Waals surface area contributed by atoms with E-state index in [1.807, 2.05) is 0 Å². The summed E-state index contributed by atoms with van der Waals surface area (Å²) in [5.41, 5.74) is 5.18. The summed E-state index contributed by atoms with van der Waals surface area (Å²) in [4.78, 5) is 0. The van der Waals surface area contributed by atoms with Gasteiger partial charge in [0.2, 0.25) is 0 Å². The topological polar surface area (TPSA) is 114 Å². The van der Waals surface area contributed by atoms with Crippen molar-refractivity contribution >= 4 is 0 Å². The molecule has 0 saturated carbocycles. The van der Waals surface area contributed by atoms with Crippen LogP contribution in [-0.2, 0) is 14.2 Å². The summed E-state index contributed by atoms with van der Waals surface area (Å²) in [5, 5.41) is 26.8. The highest BCUT2D eigenvalue weighted by atomic mass is 16.5. The highest BCUT2D eigenvalue weighted by Gasteiger charge is 2.31. The summed E-state index contributed by atoms with van der Waals surface area (Å²) in [5.74, 6) is 0. The standard InChI is InChI=1S/C17H37NO6/c18-7-5-3-1-2-4-6-17(14-22-11-8-19,15-23-12-9-20)16-24-13-10-21/h19-21H,1-16,18H2.